The van der Waals surface area contributed by atoms with Crippen LogP contribution in [0.2, 0.25) is 5.02 Å². The third kappa shape index (κ3) is 2.62. The minimum absolute atomic E-state index is 0.392. The van der Waals surface area contributed by atoms with Crippen molar-refractivity contribution >= 4 is 44.9 Å². The summed E-state index contributed by atoms with van der Waals surface area (Å²) in [6.07, 6.45) is 0. The number of hydrogen-bond donors (Lipinski definition) is 2. The molecular weight excluding hydrogens is 291 g/mol. The van der Waals surface area contributed by atoms with E-state index in [-0.39, 0.29) is 0 Å². The average molecular weight is 300 g/mol. The molecule has 2 aromatic rings. The van der Waals surface area contributed by atoms with E-state index in [2.05, 4.69) is 31.4 Å². The van der Waals surface area contributed by atoms with Crippen molar-refractivity contribution in [2.75, 3.05) is 11.1 Å². The van der Waals surface area contributed by atoms with Crippen LogP contribution in [0.25, 0.3) is 0 Å². The van der Waals surface area contributed by atoms with E-state index in [1.807, 2.05) is 12.1 Å². The molecule has 1 aromatic heterocycles. The molecule has 6 heteroatoms. The highest BCUT2D eigenvalue weighted by Crippen LogP contribution is 2.26. The van der Waals surface area contributed by atoms with Crippen LogP contribution in [0.5, 0.6) is 0 Å². The molecule has 2 rings (SSSR count). The van der Waals surface area contributed by atoms with Crippen LogP contribution in [0.1, 0.15) is 0 Å². The SMILES string of the molecule is Nc1ccc(Nc2ccc(Cl)c(Br)c2)nn1. The van der Waals surface area contributed by atoms with Crippen molar-refractivity contribution in [1.82, 2.24) is 10.2 Å². The summed E-state index contributed by atoms with van der Waals surface area (Å²) in [5, 5.41) is 11.4. The fourth-order valence-corrected chi connectivity index (χ4v) is 1.63. The monoisotopic (exact) mass is 298 g/mol. The lowest BCUT2D eigenvalue weighted by Gasteiger charge is -2.05. The summed E-state index contributed by atoms with van der Waals surface area (Å²) in [4.78, 5) is 0. The molecule has 0 unspecified atom stereocenters. The van der Waals surface area contributed by atoms with Gasteiger partial charge in [0.05, 0.1) is 5.02 Å². The highest BCUT2D eigenvalue weighted by molar-refractivity contribution is 9.10. The molecule has 1 heterocycles. The van der Waals surface area contributed by atoms with Gasteiger partial charge in [-0.1, -0.05) is 11.6 Å². The predicted octanol–water partition coefficient (Wildman–Crippen LogP) is 3.22. The van der Waals surface area contributed by atoms with E-state index < -0.39 is 0 Å². The molecule has 0 radical (unpaired) electrons. The lowest BCUT2D eigenvalue weighted by molar-refractivity contribution is 1.05. The van der Waals surface area contributed by atoms with Gasteiger partial charge in [0.25, 0.3) is 0 Å². The molecule has 0 saturated carbocycles. The van der Waals surface area contributed by atoms with Crippen LogP contribution < -0.4 is 11.1 Å². The van der Waals surface area contributed by atoms with Gasteiger partial charge in [-0.25, -0.2) is 0 Å². The Morgan fingerprint density at radius 1 is 1.19 bits per heavy atom. The van der Waals surface area contributed by atoms with Gasteiger partial charge in [0.15, 0.2) is 5.82 Å². The minimum Gasteiger partial charge on any atom is -0.382 e. The first-order valence-corrected chi connectivity index (χ1v) is 5.63. The summed E-state index contributed by atoms with van der Waals surface area (Å²) in [5.41, 5.74) is 6.31. The van der Waals surface area contributed by atoms with Gasteiger partial charge in [-0.3, -0.25) is 0 Å². The summed E-state index contributed by atoms with van der Waals surface area (Å²) < 4.78 is 0.822. The third-order valence-corrected chi connectivity index (χ3v) is 3.09. The first-order chi connectivity index (χ1) is 7.65. The molecule has 0 fully saturated rings. The lowest BCUT2D eigenvalue weighted by atomic mass is 10.3. The molecule has 0 amide bonds. The first-order valence-electron chi connectivity index (χ1n) is 4.46. The number of rotatable bonds is 2. The number of nitrogen functional groups attached to an aromatic ring is 1. The Hall–Kier alpha value is -1.33. The molecule has 0 saturated heterocycles. The Morgan fingerprint density at radius 3 is 2.62 bits per heavy atom. The second-order valence-corrected chi connectivity index (χ2v) is 4.36. The Balaban J connectivity index is 2.20. The van der Waals surface area contributed by atoms with E-state index in [4.69, 9.17) is 17.3 Å². The average Bonchev–Trinajstić information content (AvgIpc) is 2.27. The largest absolute Gasteiger partial charge is 0.382 e. The van der Waals surface area contributed by atoms with Gasteiger partial charge in [-0.05, 0) is 46.3 Å². The number of benzene rings is 1. The summed E-state index contributed by atoms with van der Waals surface area (Å²) in [7, 11) is 0. The van der Waals surface area contributed by atoms with E-state index in [9.17, 15) is 0 Å². The van der Waals surface area contributed by atoms with Crippen molar-refractivity contribution in [1.29, 1.82) is 0 Å². The normalized spacial score (nSPS) is 10.1. The number of nitrogens with one attached hydrogen (secondary N) is 1. The molecule has 0 bridgehead atoms. The van der Waals surface area contributed by atoms with Crippen LogP contribution in [0.15, 0.2) is 34.8 Å². The number of halogens is 2. The van der Waals surface area contributed by atoms with Crippen LogP contribution >= 0.6 is 27.5 Å². The highest BCUT2D eigenvalue weighted by Gasteiger charge is 2.00. The molecular formula is C10H8BrClN4. The Kier molecular flexibility index (Phi) is 3.26. The van der Waals surface area contributed by atoms with E-state index in [1.165, 1.54) is 0 Å². The van der Waals surface area contributed by atoms with Crippen molar-refractivity contribution < 1.29 is 0 Å². The molecule has 82 valence electrons. The van der Waals surface area contributed by atoms with Crippen molar-refractivity contribution in [3.05, 3.63) is 39.8 Å². The number of nitrogens with zero attached hydrogens (tertiary/aromatic N) is 2. The number of hydrogen-bond acceptors (Lipinski definition) is 4. The van der Waals surface area contributed by atoms with E-state index in [1.54, 1.807) is 18.2 Å². The van der Waals surface area contributed by atoms with E-state index in [0.717, 1.165) is 10.2 Å². The fraction of sp³-hybridized carbons (Fsp3) is 0. The van der Waals surface area contributed by atoms with Crippen molar-refractivity contribution in [3.63, 3.8) is 0 Å². The fourth-order valence-electron chi connectivity index (χ4n) is 1.13. The van der Waals surface area contributed by atoms with Crippen LogP contribution in [0, 0.1) is 0 Å². The van der Waals surface area contributed by atoms with Gasteiger partial charge in [0, 0.05) is 10.2 Å². The van der Waals surface area contributed by atoms with Crippen LogP contribution in [-0.4, -0.2) is 10.2 Å². The first kappa shape index (κ1) is 11.2. The zero-order chi connectivity index (χ0) is 11.5. The quantitative estimate of drug-likeness (QED) is 0.893. The molecule has 0 aliphatic rings. The van der Waals surface area contributed by atoms with E-state index in [0.29, 0.717) is 16.7 Å². The van der Waals surface area contributed by atoms with Gasteiger partial charge in [-0.2, -0.15) is 0 Å². The number of anilines is 3. The second-order valence-electron chi connectivity index (χ2n) is 3.10. The zero-order valence-corrected chi connectivity index (χ0v) is 10.5. The maximum Gasteiger partial charge on any atom is 0.153 e. The maximum atomic E-state index is 5.89. The van der Waals surface area contributed by atoms with Crippen molar-refractivity contribution in [2.45, 2.75) is 0 Å². The summed E-state index contributed by atoms with van der Waals surface area (Å²) in [5.74, 6) is 1.02. The molecule has 4 nitrogen and oxygen atoms in total. The van der Waals surface area contributed by atoms with Crippen LogP contribution in [-0.2, 0) is 0 Å². The number of aromatic nitrogens is 2. The Labute approximate surface area is 106 Å². The minimum atomic E-state index is 0.392. The Bertz CT molecular complexity index is 501. The molecule has 0 aliphatic heterocycles. The third-order valence-electron chi connectivity index (χ3n) is 1.88. The summed E-state index contributed by atoms with van der Waals surface area (Å²) in [6.45, 7) is 0. The van der Waals surface area contributed by atoms with Gasteiger partial charge in [0.2, 0.25) is 0 Å². The zero-order valence-electron chi connectivity index (χ0n) is 8.11. The van der Waals surface area contributed by atoms with Gasteiger partial charge < -0.3 is 11.1 Å². The van der Waals surface area contributed by atoms with Crippen LogP contribution in [0.3, 0.4) is 0 Å². The second kappa shape index (κ2) is 4.67. The smallest absolute Gasteiger partial charge is 0.153 e. The molecule has 0 aliphatic carbocycles. The lowest BCUT2D eigenvalue weighted by Crippen LogP contribution is -1.97. The topological polar surface area (TPSA) is 63.8 Å². The molecule has 0 spiro atoms. The summed E-state index contributed by atoms with van der Waals surface area (Å²) >= 11 is 9.23. The van der Waals surface area contributed by atoms with Gasteiger partial charge in [-0.15, -0.1) is 10.2 Å². The van der Waals surface area contributed by atoms with Crippen molar-refractivity contribution in [2.24, 2.45) is 0 Å². The van der Waals surface area contributed by atoms with Gasteiger partial charge >= 0.3 is 0 Å². The standard InChI is InChI=1S/C10H8BrClN4/c11-7-5-6(1-2-8(7)12)14-10-4-3-9(13)15-16-10/h1-5H,(H2,13,15)(H,14,16). The maximum absolute atomic E-state index is 5.89. The predicted molar refractivity (Wildman–Crippen MR) is 68.9 cm³/mol. The molecule has 16 heavy (non-hydrogen) atoms. The summed E-state index contributed by atoms with van der Waals surface area (Å²) in [6, 6.07) is 8.94. The highest BCUT2D eigenvalue weighted by atomic mass is 79.9. The molecule has 1 aromatic carbocycles. The van der Waals surface area contributed by atoms with Crippen LogP contribution in [0.4, 0.5) is 17.3 Å². The molecule has 3 N–H and O–H groups in total. The molecule has 0 atom stereocenters. The van der Waals surface area contributed by atoms with Crippen molar-refractivity contribution in [3.8, 4) is 0 Å². The number of nitrogens with two attached hydrogens (primary N) is 1. The van der Waals surface area contributed by atoms with E-state index >= 15 is 0 Å². The van der Waals surface area contributed by atoms with Gasteiger partial charge in [0.1, 0.15) is 5.82 Å². The Morgan fingerprint density at radius 2 is 2.00 bits per heavy atom.